The second-order valence-electron chi connectivity index (χ2n) is 11.5. The van der Waals surface area contributed by atoms with Crippen molar-refractivity contribution < 1.29 is 38.1 Å². The lowest BCUT2D eigenvalue weighted by atomic mass is 9.96. The standard InChI is InChI=1S/C28H39N6O8P/c1-16(2)40-26(36)17(3)32-43(38,42-20-10-8-7-9-11-20)39-14-21-23(35)28(5,37)27(41-21)34-15-29-22-24(33(6)19-12-13-19)30-18(4)31-25(22)34/h7-11,15-17,19,21,23,27,35,37H,12-14H2,1-6H3,(H,32,38)/t17-,21-,23-,27-,28-,43?/m1/s1. The molecule has 1 aliphatic heterocycles. The number of esters is 1. The number of rotatable bonds is 12. The van der Waals surface area contributed by atoms with Crippen molar-refractivity contribution in [2.75, 3.05) is 18.6 Å². The Labute approximate surface area is 249 Å². The molecule has 1 aliphatic carbocycles. The van der Waals surface area contributed by atoms with E-state index in [9.17, 15) is 19.6 Å². The molecule has 3 heterocycles. The number of nitrogens with one attached hydrogen (secondary N) is 1. The largest absolute Gasteiger partial charge is 0.462 e. The van der Waals surface area contributed by atoms with E-state index in [2.05, 4.69) is 24.9 Å². The summed E-state index contributed by atoms with van der Waals surface area (Å²) in [7, 11) is -2.27. The Morgan fingerprint density at radius 1 is 1.26 bits per heavy atom. The molecule has 6 atom stereocenters. The van der Waals surface area contributed by atoms with Crippen molar-refractivity contribution in [2.24, 2.45) is 0 Å². The maximum atomic E-state index is 13.9. The van der Waals surface area contributed by atoms with Crippen LogP contribution in [0.1, 0.15) is 52.6 Å². The maximum Gasteiger partial charge on any atom is 0.459 e. The molecule has 0 radical (unpaired) electrons. The SMILES string of the molecule is Cc1nc(N(C)C2CC2)c2ncn([C@@H]3O[C@H](COP(=O)(N[C@H](C)C(=O)OC(C)C)Oc4ccccc4)[C@@H](O)[C@@]3(C)O)c2n1. The number of carbonyl (C=O) groups is 1. The first-order chi connectivity index (χ1) is 20.3. The second kappa shape index (κ2) is 12.1. The monoisotopic (exact) mass is 618 g/mol. The molecule has 14 nitrogen and oxygen atoms in total. The lowest BCUT2D eigenvalue weighted by Crippen LogP contribution is -2.44. The summed E-state index contributed by atoms with van der Waals surface area (Å²) in [6.07, 6.45) is -0.462. The van der Waals surface area contributed by atoms with Crippen molar-refractivity contribution in [1.82, 2.24) is 24.6 Å². The fourth-order valence-electron chi connectivity index (χ4n) is 4.94. The molecule has 15 heteroatoms. The Bertz CT molecular complexity index is 1500. The van der Waals surface area contributed by atoms with Gasteiger partial charge in [-0.25, -0.2) is 19.5 Å². The third kappa shape index (κ3) is 6.69. The van der Waals surface area contributed by atoms with Gasteiger partial charge >= 0.3 is 13.7 Å². The van der Waals surface area contributed by atoms with Gasteiger partial charge in [0.25, 0.3) is 0 Å². The third-order valence-electron chi connectivity index (χ3n) is 7.39. The van der Waals surface area contributed by atoms with E-state index in [1.807, 2.05) is 7.05 Å². The number of ether oxygens (including phenoxy) is 2. The molecule has 1 unspecified atom stereocenters. The number of fused-ring (bicyclic) bond motifs is 1. The van der Waals surface area contributed by atoms with Crippen LogP contribution >= 0.6 is 7.75 Å². The average Bonchev–Trinajstić information content (AvgIpc) is 3.67. The Morgan fingerprint density at radius 3 is 2.60 bits per heavy atom. The average molecular weight is 619 g/mol. The topological polar surface area (TPSA) is 170 Å². The summed E-state index contributed by atoms with van der Waals surface area (Å²) in [5.74, 6) is 0.779. The molecule has 234 valence electrons. The van der Waals surface area contributed by atoms with Gasteiger partial charge in [0.05, 0.1) is 19.0 Å². The van der Waals surface area contributed by atoms with Gasteiger partial charge in [0, 0.05) is 13.1 Å². The molecule has 0 spiro atoms. The number of aliphatic hydroxyl groups excluding tert-OH is 1. The van der Waals surface area contributed by atoms with Crippen LogP contribution in [-0.4, -0.2) is 85.4 Å². The van der Waals surface area contributed by atoms with Gasteiger partial charge in [-0.2, -0.15) is 5.09 Å². The number of imidazole rings is 1. The van der Waals surface area contributed by atoms with Gasteiger partial charge in [0.1, 0.15) is 35.4 Å². The Balaban J connectivity index is 1.37. The molecule has 1 saturated carbocycles. The summed E-state index contributed by atoms with van der Waals surface area (Å²) in [5.41, 5.74) is -0.832. The summed E-state index contributed by atoms with van der Waals surface area (Å²) in [6, 6.07) is 7.64. The third-order valence-corrected chi connectivity index (χ3v) is 9.03. The van der Waals surface area contributed by atoms with Gasteiger partial charge in [0.15, 0.2) is 23.2 Å². The molecule has 0 amide bonds. The Hall–Kier alpha value is -3.13. The summed E-state index contributed by atoms with van der Waals surface area (Å²) in [5, 5.41) is 25.2. The number of para-hydroxylation sites is 1. The smallest absolute Gasteiger partial charge is 0.459 e. The van der Waals surface area contributed by atoms with E-state index in [0.29, 0.717) is 28.8 Å². The highest BCUT2D eigenvalue weighted by Crippen LogP contribution is 2.47. The fraction of sp³-hybridized carbons (Fsp3) is 0.571. The Kier molecular flexibility index (Phi) is 8.81. The van der Waals surface area contributed by atoms with Crippen LogP contribution < -0.4 is 14.5 Å². The molecule has 43 heavy (non-hydrogen) atoms. The molecule has 0 bridgehead atoms. The molecule has 2 aliphatic rings. The molecule has 1 aromatic carbocycles. The molecule has 2 fully saturated rings. The summed E-state index contributed by atoms with van der Waals surface area (Å²) in [6.45, 7) is 7.63. The number of anilines is 1. The molecular weight excluding hydrogens is 579 g/mol. The highest BCUT2D eigenvalue weighted by Gasteiger charge is 2.54. The van der Waals surface area contributed by atoms with E-state index < -0.39 is 50.4 Å². The van der Waals surface area contributed by atoms with Crippen molar-refractivity contribution >= 4 is 30.7 Å². The minimum absolute atomic E-state index is 0.229. The first kappa shape index (κ1) is 31.3. The predicted molar refractivity (Wildman–Crippen MR) is 156 cm³/mol. The lowest BCUT2D eigenvalue weighted by molar-refractivity contribution is -0.149. The number of benzene rings is 1. The number of aliphatic hydroxyl groups is 2. The molecule has 1 saturated heterocycles. The van der Waals surface area contributed by atoms with Crippen LogP contribution in [0.4, 0.5) is 5.82 Å². The Morgan fingerprint density at radius 2 is 1.95 bits per heavy atom. The van der Waals surface area contributed by atoms with E-state index in [-0.39, 0.29) is 11.9 Å². The van der Waals surface area contributed by atoms with Gasteiger partial charge < -0.3 is 29.1 Å². The highest BCUT2D eigenvalue weighted by atomic mass is 31.2. The fourth-order valence-corrected chi connectivity index (χ4v) is 6.45. The van der Waals surface area contributed by atoms with E-state index in [4.69, 9.17) is 18.5 Å². The number of aromatic nitrogens is 4. The molecule has 3 N–H and O–H groups in total. The van der Waals surface area contributed by atoms with Gasteiger partial charge in [-0.15, -0.1) is 0 Å². The minimum Gasteiger partial charge on any atom is -0.462 e. The van der Waals surface area contributed by atoms with E-state index in [1.165, 1.54) is 20.2 Å². The van der Waals surface area contributed by atoms with Crippen molar-refractivity contribution in [3.05, 3.63) is 42.5 Å². The van der Waals surface area contributed by atoms with Crippen LogP contribution in [0.3, 0.4) is 0 Å². The predicted octanol–water partition coefficient (Wildman–Crippen LogP) is 2.88. The van der Waals surface area contributed by atoms with Gasteiger partial charge in [-0.1, -0.05) is 18.2 Å². The normalized spacial score (nSPS) is 25.9. The second-order valence-corrected chi connectivity index (χ2v) is 13.2. The molecule has 5 rings (SSSR count). The van der Waals surface area contributed by atoms with Crippen LogP contribution in [-0.2, 0) is 23.4 Å². The van der Waals surface area contributed by atoms with Crippen LogP contribution in [0.5, 0.6) is 5.75 Å². The summed E-state index contributed by atoms with van der Waals surface area (Å²) < 4.78 is 38.2. The van der Waals surface area contributed by atoms with Crippen molar-refractivity contribution in [2.45, 2.75) is 89.7 Å². The zero-order valence-corrected chi connectivity index (χ0v) is 26.0. The number of nitrogens with zero attached hydrogens (tertiary/aromatic N) is 5. The first-order valence-corrected chi connectivity index (χ1v) is 15.8. The highest BCUT2D eigenvalue weighted by molar-refractivity contribution is 7.52. The van der Waals surface area contributed by atoms with Crippen LogP contribution in [0.25, 0.3) is 11.2 Å². The minimum atomic E-state index is -4.23. The zero-order chi connectivity index (χ0) is 31.1. The maximum absolute atomic E-state index is 13.9. The number of hydrogen-bond donors (Lipinski definition) is 3. The number of carbonyl (C=O) groups excluding carboxylic acids is 1. The molecular formula is C28H39N6O8P. The summed E-state index contributed by atoms with van der Waals surface area (Å²) >= 11 is 0. The zero-order valence-electron chi connectivity index (χ0n) is 25.1. The van der Waals surface area contributed by atoms with Crippen LogP contribution in [0, 0.1) is 6.92 Å². The van der Waals surface area contributed by atoms with Crippen molar-refractivity contribution in [3.8, 4) is 5.75 Å². The quantitative estimate of drug-likeness (QED) is 0.200. The van der Waals surface area contributed by atoms with E-state index in [0.717, 1.165) is 12.8 Å². The first-order valence-electron chi connectivity index (χ1n) is 14.3. The van der Waals surface area contributed by atoms with Crippen molar-refractivity contribution in [1.29, 1.82) is 0 Å². The van der Waals surface area contributed by atoms with E-state index >= 15 is 0 Å². The van der Waals surface area contributed by atoms with Crippen LogP contribution in [0.15, 0.2) is 36.7 Å². The van der Waals surface area contributed by atoms with Gasteiger partial charge in [-0.3, -0.25) is 13.9 Å². The van der Waals surface area contributed by atoms with Crippen LogP contribution in [0.2, 0.25) is 0 Å². The van der Waals surface area contributed by atoms with Gasteiger partial charge in [-0.05, 0) is 59.6 Å². The summed E-state index contributed by atoms with van der Waals surface area (Å²) in [4.78, 5) is 28.2. The number of aryl methyl sites for hydroxylation is 1. The lowest BCUT2D eigenvalue weighted by Gasteiger charge is -2.27. The molecule has 2 aromatic heterocycles. The number of hydrogen-bond acceptors (Lipinski definition) is 12. The van der Waals surface area contributed by atoms with Gasteiger partial charge in [0.2, 0.25) is 0 Å². The van der Waals surface area contributed by atoms with E-state index in [1.54, 1.807) is 55.7 Å². The molecule has 3 aromatic rings. The van der Waals surface area contributed by atoms with Crippen molar-refractivity contribution in [3.63, 3.8) is 0 Å².